The van der Waals surface area contributed by atoms with Crippen molar-refractivity contribution in [2.75, 3.05) is 31.2 Å². The number of aromatic carboxylic acids is 1. The van der Waals surface area contributed by atoms with Crippen LogP contribution in [0.15, 0.2) is 17.0 Å². The van der Waals surface area contributed by atoms with Gasteiger partial charge >= 0.3 is 5.97 Å². The highest BCUT2D eigenvalue weighted by Crippen LogP contribution is 2.36. The van der Waals surface area contributed by atoms with Gasteiger partial charge in [0.1, 0.15) is 10.6 Å². The lowest BCUT2D eigenvalue weighted by Gasteiger charge is -2.29. The van der Waals surface area contributed by atoms with Crippen LogP contribution in [0.1, 0.15) is 10.4 Å². The molecule has 0 spiro atoms. The van der Waals surface area contributed by atoms with Crippen LogP contribution in [0.25, 0.3) is 0 Å². The Kier molecular flexibility index (Phi) is 4.30. The summed E-state index contributed by atoms with van der Waals surface area (Å²) < 4.78 is 28.6. The third-order valence-corrected chi connectivity index (χ3v) is 4.06. The van der Waals surface area contributed by atoms with E-state index in [0.29, 0.717) is 0 Å². The first kappa shape index (κ1) is 16.1. The fourth-order valence-corrected chi connectivity index (χ4v) is 2.97. The number of nitrogens with two attached hydrogens (primary N) is 1. The molecule has 1 aromatic rings. The zero-order chi connectivity index (χ0) is 16.5. The highest BCUT2D eigenvalue weighted by molar-refractivity contribution is 7.89. The minimum Gasteiger partial charge on any atom is -0.478 e. The predicted molar refractivity (Wildman–Crippen MR) is 74.5 cm³/mol. The van der Waals surface area contributed by atoms with Gasteiger partial charge < -0.3 is 14.7 Å². The van der Waals surface area contributed by atoms with Crippen LogP contribution in [0.4, 0.5) is 11.4 Å². The third kappa shape index (κ3) is 3.16. The van der Waals surface area contributed by atoms with Gasteiger partial charge in [0.05, 0.1) is 23.7 Å². The number of carboxylic acid groups (broad SMARTS) is 1. The van der Waals surface area contributed by atoms with Crippen LogP contribution in [-0.2, 0) is 14.8 Å². The number of primary sulfonamides is 1. The molecule has 0 unspecified atom stereocenters. The molecule has 1 fully saturated rings. The molecule has 0 amide bonds. The van der Waals surface area contributed by atoms with E-state index in [9.17, 15) is 23.3 Å². The zero-order valence-electron chi connectivity index (χ0n) is 11.3. The summed E-state index contributed by atoms with van der Waals surface area (Å²) in [6.45, 7) is 0.995. The van der Waals surface area contributed by atoms with Crippen LogP contribution in [-0.4, -0.2) is 50.7 Å². The molecule has 0 atom stereocenters. The van der Waals surface area contributed by atoms with Crippen molar-refractivity contribution in [3.8, 4) is 0 Å². The lowest BCUT2D eigenvalue weighted by molar-refractivity contribution is -0.384. The van der Waals surface area contributed by atoms with E-state index >= 15 is 0 Å². The number of nitrogens with zero attached hydrogens (tertiary/aromatic N) is 2. The summed E-state index contributed by atoms with van der Waals surface area (Å²) >= 11 is 0. The summed E-state index contributed by atoms with van der Waals surface area (Å²) in [5.41, 5.74) is -1.35. The van der Waals surface area contributed by atoms with Crippen LogP contribution < -0.4 is 10.0 Å². The maximum atomic E-state index is 11.8. The maximum Gasteiger partial charge on any atom is 0.335 e. The second-order valence-electron chi connectivity index (χ2n) is 4.55. The average molecular weight is 331 g/mol. The SMILES string of the molecule is NS(=O)(=O)c1cc(C(=O)O)cc([N+](=O)[O-])c1N1CCOCC1. The van der Waals surface area contributed by atoms with Crippen LogP contribution in [0.2, 0.25) is 0 Å². The summed E-state index contributed by atoms with van der Waals surface area (Å²) in [6, 6.07) is 1.65. The number of hydrogen-bond donors (Lipinski definition) is 2. The molecule has 0 saturated carbocycles. The van der Waals surface area contributed by atoms with Crippen molar-refractivity contribution in [1.29, 1.82) is 0 Å². The first-order chi connectivity index (χ1) is 10.2. The fraction of sp³-hybridized carbons (Fsp3) is 0.364. The largest absolute Gasteiger partial charge is 0.478 e. The van der Waals surface area contributed by atoms with Crippen molar-refractivity contribution in [2.45, 2.75) is 4.90 Å². The molecule has 1 aliphatic rings. The predicted octanol–water partition coefficient (Wildman–Crippen LogP) is -0.223. The number of benzene rings is 1. The number of nitro benzene ring substituents is 1. The van der Waals surface area contributed by atoms with Gasteiger partial charge in [-0.3, -0.25) is 10.1 Å². The van der Waals surface area contributed by atoms with E-state index in [1.54, 1.807) is 0 Å². The number of nitro groups is 1. The normalized spacial score (nSPS) is 15.6. The summed E-state index contributed by atoms with van der Waals surface area (Å²) in [4.78, 5) is 22.3. The van der Waals surface area contributed by atoms with Crippen molar-refractivity contribution < 1.29 is 28.0 Å². The van der Waals surface area contributed by atoms with Crippen molar-refractivity contribution in [2.24, 2.45) is 5.14 Å². The number of sulfonamides is 1. The molecule has 0 aromatic heterocycles. The van der Waals surface area contributed by atoms with Crippen molar-refractivity contribution in [3.05, 3.63) is 27.8 Å². The molecule has 3 N–H and O–H groups in total. The van der Waals surface area contributed by atoms with Gasteiger partial charge in [-0.05, 0) is 6.07 Å². The molecule has 10 nitrogen and oxygen atoms in total. The molecule has 120 valence electrons. The number of carboxylic acids is 1. The first-order valence-corrected chi connectivity index (χ1v) is 7.67. The van der Waals surface area contributed by atoms with Crippen molar-refractivity contribution in [1.82, 2.24) is 0 Å². The van der Waals surface area contributed by atoms with Gasteiger partial charge in [0.15, 0.2) is 0 Å². The van der Waals surface area contributed by atoms with Crippen molar-refractivity contribution in [3.63, 3.8) is 0 Å². The van der Waals surface area contributed by atoms with E-state index in [1.807, 2.05) is 0 Å². The van der Waals surface area contributed by atoms with E-state index in [0.717, 1.165) is 12.1 Å². The molecule has 0 bridgehead atoms. The first-order valence-electron chi connectivity index (χ1n) is 6.13. The van der Waals surface area contributed by atoms with Crippen LogP contribution in [0, 0.1) is 10.1 Å². The zero-order valence-corrected chi connectivity index (χ0v) is 12.1. The molecule has 1 saturated heterocycles. The quantitative estimate of drug-likeness (QED) is 0.567. The van der Waals surface area contributed by atoms with E-state index in [-0.39, 0.29) is 32.0 Å². The van der Waals surface area contributed by atoms with E-state index in [2.05, 4.69) is 0 Å². The number of anilines is 1. The Labute approximate surface area is 125 Å². The summed E-state index contributed by atoms with van der Waals surface area (Å²) in [5.74, 6) is -1.48. The van der Waals surface area contributed by atoms with Gasteiger partial charge in [-0.25, -0.2) is 18.4 Å². The smallest absolute Gasteiger partial charge is 0.335 e. The lowest BCUT2D eigenvalue weighted by Crippen LogP contribution is -2.38. The minimum atomic E-state index is -4.35. The Hall–Kier alpha value is -2.24. The summed E-state index contributed by atoms with van der Waals surface area (Å²) in [7, 11) is -4.35. The van der Waals surface area contributed by atoms with Crippen LogP contribution in [0.3, 0.4) is 0 Å². The number of carbonyl (C=O) groups is 1. The molecular weight excluding hydrogens is 318 g/mol. The van der Waals surface area contributed by atoms with Gasteiger partial charge in [0, 0.05) is 19.2 Å². The summed E-state index contributed by atoms with van der Waals surface area (Å²) in [6.07, 6.45) is 0. The molecule has 0 aliphatic carbocycles. The molecule has 2 rings (SSSR count). The minimum absolute atomic E-state index is 0.208. The second kappa shape index (κ2) is 5.87. The number of rotatable bonds is 4. The second-order valence-corrected chi connectivity index (χ2v) is 6.08. The van der Waals surface area contributed by atoms with Crippen LogP contribution >= 0.6 is 0 Å². The number of hydrogen-bond acceptors (Lipinski definition) is 7. The molecule has 22 heavy (non-hydrogen) atoms. The highest BCUT2D eigenvalue weighted by Gasteiger charge is 2.31. The summed E-state index contributed by atoms with van der Waals surface area (Å²) in [5, 5.41) is 25.3. The van der Waals surface area contributed by atoms with E-state index in [4.69, 9.17) is 15.0 Å². The van der Waals surface area contributed by atoms with Gasteiger partial charge in [-0.2, -0.15) is 0 Å². The topological polar surface area (TPSA) is 153 Å². The monoisotopic (exact) mass is 331 g/mol. The molecule has 1 aromatic carbocycles. The number of ether oxygens (including phenoxy) is 1. The Morgan fingerprint density at radius 2 is 1.95 bits per heavy atom. The van der Waals surface area contributed by atoms with Crippen molar-refractivity contribution >= 4 is 27.4 Å². The van der Waals surface area contributed by atoms with E-state index in [1.165, 1.54) is 4.90 Å². The standard InChI is InChI=1S/C11H13N3O7S/c12-22(19,20)9-6-7(11(15)16)5-8(14(17)18)10(9)13-1-3-21-4-2-13/h5-6H,1-4H2,(H,15,16)(H2,12,19,20). The average Bonchev–Trinajstić information content (AvgIpc) is 2.45. The molecular formula is C11H13N3O7S. The molecule has 1 aliphatic heterocycles. The van der Waals surface area contributed by atoms with Gasteiger partial charge in [0.25, 0.3) is 5.69 Å². The molecule has 0 radical (unpaired) electrons. The van der Waals surface area contributed by atoms with Crippen LogP contribution in [0.5, 0.6) is 0 Å². The van der Waals surface area contributed by atoms with Gasteiger partial charge in [-0.1, -0.05) is 0 Å². The number of morpholine rings is 1. The Morgan fingerprint density at radius 3 is 2.41 bits per heavy atom. The van der Waals surface area contributed by atoms with Gasteiger partial charge in [0.2, 0.25) is 10.0 Å². The highest BCUT2D eigenvalue weighted by atomic mass is 32.2. The third-order valence-electron chi connectivity index (χ3n) is 3.13. The Morgan fingerprint density at radius 1 is 1.36 bits per heavy atom. The maximum absolute atomic E-state index is 11.8. The Bertz CT molecular complexity index is 725. The molecule has 1 heterocycles. The Balaban J connectivity index is 2.76. The molecule has 11 heteroatoms. The van der Waals surface area contributed by atoms with Gasteiger partial charge in [-0.15, -0.1) is 0 Å². The van der Waals surface area contributed by atoms with E-state index < -0.39 is 37.1 Å². The fourth-order valence-electron chi connectivity index (χ4n) is 2.18. The lowest BCUT2D eigenvalue weighted by atomic mass is 10.1.